The van der Waals surface area contributed by atoms with Crippen LogP contribution in [0.25, 0.3) is 0 Å². The van der Waals surface area contributed by atoms with E-state index < -0.39 is 11.6 Å². The molecule has 34 heavy (non-hydrogen) atoms. The lowest BCUT2D eigenvalue weighted by atomic mass is 9.80. The van der Waals surface area contributed by atoms with Crippen molar-refractivity contribution < 1.29 is 19.1 Å². The van der Waals surface area contributed by atoms with Crippen LogP contribution in [-0.4, -0.2) is 35.9 Å². The van der Waals surface area contributed by atoms with Crippen molar-refractivity contribution in [1.82, 2.24) is 10.2 Å². The van der Waals surface area contributed by atoms with Crippen LogP contribution in [-0.2, 0) is 21.5 Å². The van der Waals surface area contributed by atoms with Gasteiger partial charge in [0.2, 0.25) is 5.91 Å². The van der Waals surface area contributed by atoms with Gasteiger partial charge in [-0.1, -0.05) is 42.5 Å². The van der Waals surface area contributed by atoms with E-state index in [1.807, 2.05) is 66.0 Å². The average Bonchev–Trinajstić information content (AvgIpc) is 3.44. The first-order valence-electron chi connectivity index (χ1n) is 11.4. The molecule has 0 saturated carbocycles. The van der Waals surface area contributed by atoms with Gasteiger partial charge in [-0.3, -0.25) is 19.4 Å². The molecule has 1 aromatic heterocycles. The van der Waals surface area contributed by atoms with Crippen molar-refractivity contribution >= 4 is 34.9 Å². The van der Waals surface area contributed by atoms with Gasteiger partial charge in [0.1, 0.15) is 24.4 Å². The number of amides is 4. The van der Waals surface area contributed by atoms with Crippen LogP contribution >= 0.6 is 11.3 Å². The zero-order valence-corrected chi connectivity index (χ0v) is 19.2. The third kappa shape index (κ3) is 3.13. The highest BCUT2D eigenvalue weighted by Gasteiger charge is 2.55. The Hall–Kier alpha value is -3.65. The van der Waals surface area contributed by atoms with Crippen LogP contribution in [0.2, 0.25) is 0 Å². The van der Waals surface area contributed by atoms with Gasteiger partial charge in [0.15, 0.2) is 0 Å². The van der Waals surface area contributed by atoms with Crippen molar-refractivity contribution in [2.45, 2.75) is 30.8 Å². The molecule has 1 N–H and O–H groups in total. The first-order valence-corrected chi connectivity index (χ1v) is 12.3. The Morgan fingerprint density at radius 3 is 2.74 bits per heavy atom. The number of ether oxygens (including phenoxy) is 1. The minimum Gasteiger partial charge on any atom is -0.489 e. The van der Waals surface area contributed by atoms with E-state index in [-0.39, 0.29) is 31.0 Å². The van der Waals surface area contributed by atoms with Gasteiger partial charge in [-0.2, -0.15) is 0 Å². The summed E-state index contributed by atoms with van der Waals surface area (Å²) in [4.78, 5) is 44.3. The molecule has 2 aromatic carbocycles. The summed E-state index contributed by atoms with van der Waals surface area (Å²) in [6, 6.07) is 18.0. The van der Waals surface area contributed by atoms with Gasteiger partial charge >= 0.3 is 6.03 Å². The number of para-hydroxylation sites is 2. The number of thiophene rings is 1. The number of hydrogen-bond acceptors (Lipinski definition) is 5. The lowest BCUT2D eigenvalue weighted by Crippen LogP contribution is -2.49. The number of anilines is 1. The van der Waals surface area contributed by atoms with Crippen LogP contribution in [0.4, 0.5) is 10.5 Å². The molecule has 6 rings (SSSR count). The lowest BCUT2D eigenvalue weighted by molar-refractivity contribution is -0.135. The molecule has 172 valence electrons. The number of imide groups is 1. The molecule has 3 heterocycles. The monoisotopic (exact) mass is 473 g/mol. The van der Waals surface area contributed by atoms with Gasteiger partial charge < -0.3 is 10.1 Å². The Kier molecular flexibility index (Phi) is 4.91. The van der Waals surface area contributed by atoms with E-state index in [0.717, 1.165) is 33.7 Å². The number of nitrogens with zero attached hydrogens (tertiary/aromatic N) is 2. The summed E-state index contributed by atoms with van der Waals surface area (Å²) < 4.78 is 5.95. The van der Waals surface area contributed by atoms with E-state index in [0.29, 0.717) is 17.9 Å². The maximum absolute atomic E-state index is 13.8. The minimum atomic E-state index is -1.06. The van der Waals surface area contributed by atoms with E-state index in [1.165, 1.54) is 0 Å². The Balaban J connectivity index is 1.33. The summed E-state index contributed by atoms with van der Waals surface area (Å²) in [5.41, 5.74) is 1.37. The fraction of sp³-hybridized carbons (Fsp3) is 0.269. The molecule has 0 bridgehead atoms. The third-order valence-electron chi connectivity index (χ3n) is 6.92. The standard InChI is InChI=1S/C26H23N3O4S/c30-23(15-28-24(31)26(27-25(28)32)13-6-11-22-18(26)12-14-34-22)29-19-9-4-5-10-21(19)33-16-20(29)17-7-2-1-3-8-17/h1-5,7-10,12,14,20H,6,11,13,15-16H2,(H,27,32)/t20-,26+/m1/s1. The van der Waals surface area contributed by atoms with E-state index in [2.05, 4.69) is 5.32 Å². The van der Waals surface area contributed by atoms with Crippen molar-refractivity contribution in [1.29, 1.82) is 0 Å². The molecule has 3 aromatic rings. The van der Waals surface area contributed by atoms with Crippen molar-refractivity contribution in [3.63, 3.8) is 0 Å². The first-order chi connectivity index (χ1) is 16.6. The summed E-state index contributed by atoms with van der Waals surface area (Å²) in [7, 11) is 0. The normalized spacial score (nSPS) is 23.4. The van der Waals surface area contributed by atoms with Crippen LogP contribution in [0.3, 0.4) is 0 Å². The smallest absolute Gasteiger partial charge is 0.325 e. The van der Waals surface area contributed by atoms with E-state index in [4.69, 9.17) is 4.74 Å². The number of benzene rings is 2. The molecule has 4 amide bonds. The van der Waals surface area contributed by atoms with Gasteiger partial charge in [0.05, 0.1) is 11.7 Å². The molecular weight excluding hydrogens is 450 g/mol. The number of fused-ring (bicyclic) bond motifs is 3. The maximum atomic E-state index is 13.8. The van der Waals surface area contributed by atoms with Crippen LogP contribution in [0.15, 0.2) is 66.0 Å². The van der Waals surface area contributed by atoms with Crippen LogP contribution in [0, 0.1) is 0 Å². The Morgan fingerprint density at radius 2 is 1.88 bits per heavy atom. The van der Waals surface area contributed by atoms with Crippen LogP contribution < -0.4 is 15.0 Å². The van der Waals surface area contributed by atoms with Crippen molar-refractivity contribution in [3.8, 4) is 5.75 Å². The first kappa shape index (κ1) is 20.9. The molecule has 3 aliphatic rings. The molecule has 1 fully saturated rings. The predicted molar refractivity (Wildman–Crippen MR) is 128 cm³/mol. The molecule has 2 aliphatic heterocycles. The maximum Gasteiger partial charge on any atom is 0.325 e. The van der Waals surface area contributed by atoms with Gasteiger partial charge in [-0.25, -0.2) is 4.79 Å². The zero-order chi connectivity index (χ0) is 23.3. The largest absolute Gasteiger partial charge is 0.489 e. The van der Waals surface area contributed by atoms with Gasteiger partial charge in [-0.05, 0) is 48.4 Å². The van der Waals surface area contributed by atoms with Crippen LogP contribution in [0.5, 0.6) is 5.75 Å². The summed E-state index contributed by atoms with van der Waals surface area (Å²) in [6.45, 7) is -0.0430. The Labute approximate surface area is 200 Å². The lowest BCUT2D eigenvalue weighted by Gasteiger charge is -2.38. The van der Waals surface area contributed by atoms with Crippen molar-refractivity contribution in [3.05, 3.63) is 82.0 Å². The molecule has 1 saturated heterocycles. The molecule has 1 spiro atoms. The number of rotatable bonds is 3. The average molecular weight is 474 g/mol. The fourth-order valence-corrected chi connectivity index (χ4v) is 6.31. The summed E-state index contributed by atoms with van der Waals surface area (Å²) in [6.07, 6.45) is 2.26. The highest BCUT2D eigenvalue weighted by Crippen LogP contribution is 2.43. The molecule has 0 unspecified atom stereocenters. The summed E-state index contributed by atoms with van der Waals surface area (Å²) in [5, 5.41) is 4.89. The fourth-order valence-electron chi connectivity index (χ4n) is 5.31. The van der Waals surface area contributed by atoms with Crippen molar-refractivity contribution in [2.75, 3.05) is 18.1 Å². The van der Waals surface area contributed by atoms with Gasteiger partial charge in [-0.15, -0.1) is 11.3 Å². The van der Waals surface area contributed by atoms with Crippen LogP contribution in [0.1, 0.15) is 34.9 Å². The number of carbonyl (C=O) groups is 3. The minimum absolute atomic E-state index is 0.287. The molecule has 1 aliphatic carbocycles. The van der Waals surface area contributed by atoms with E-state index >= 15 is 0 Å². The molecule has 8 heteroatoms. The highest BCUT2D eigenvalue weighted by molar-refractivity contribution is 7.10. The Bertz CT molecular complexity index is 1290. The number of carbonyl (C=O) groups excluding carboxylic acids is 3. The third-order valence-corrected chi connectivity index (χ3v) is 7.90. The van der Waals surface area contributed by atoms with E-state index in [9.17, 15) is 14.4 Å². The quantitative estimate of drug-likeness (QED) is 0.584. The second-order valence-corrected chi connectivity index (χ2v) is 9.81. The molecule has 0 radical (unpaired) electrons. The number of aryl methyl sites for hydroxylation is 1. The number of nitrogens with one attached hydrogen (secondary N) is 1. The number of urea groups is 1. The number of hydrogen-bond donors (Lipinski definition) is 1. The van der Waals surface area contributed by atoms with Crippen molar-refractivity contribution in [2.24, 2.45) is 0 Å². The molecule has 2 atom stereocenters. The van der Waals surface area contributed by atoms with Gasteiger partial charge in [0.25, 0.3) is 5.91 Å². The second-order valence-electron chi connectivity index (χ2n) is 8.81. The zero-order valence-electron chi connectivity index (χ0n) is 18.4. The predicted octanol–water partition coefficient (Wildman–Crippen LogP) is 4.00. The SMILES string of the molecule is O=C1N[C@]2(CCCc3sccc32)C(=O)N1CC(=O)N1c2ccccc2OC[C@@H]1c1ccccc1. The van der Waals surface area contributed by atoms with Gasteiger partial charge in [0, 0.05) is 10.4 Å². The Morgan fingerprint density at radius 1 is 1.09 bits per heavy atom. The molecule has 7 nitrogen and oxygen atoms in total. The summed E-state index contributed by atoms with van der Waals surface area (Å²) >= 11 is 1.61. The highest BCUT2D eigenvalue weighted by atomic mass is 32.1. The second kappa shape index (κ2) is 7.99. The summed E-state index contributed by atoms with van der Waals surface area (Å²) in [5.74, 6) is -0.0681. The van der Waals surface area contributed by atoms with E-state index in [1.54, 1.807) is 16.2 Å². The topological polar surface area (TPSA) is 79.0 Å². The molecular formula is C26H23N3O4S.